The fraction of sp³-hybridized carbons (Fsp3) is 0.500. The molecule has 2 N–H and O–H groups in total. The molecule has 0 saturated heterocycles. The lowest BCUT2D eigenvalue weighted by molar-refractivity contribution is 0.112. The highest BCUT2D eigenvalue weighted by molar-refractivity contribution is 5.77. The first-order valence-electron chi connectivity index (χ1n) is 7.13. The van der Waals surface area contributed by atoms with Crippen LogP contribution in [0.1, 0.15) is 44.4 Å². The Bertz CT molecular complexity index is 459. The number of fused-ring (bicyclic) bond motifs is 1. The lowest BCUT2D eigenvalue weighted by Gasteiger charge is -2.09. The van der Waals surface area contributed by atoms with Crippen LogP contribution in [-0.2, 0) is 4.74 Å². The number of benzene rings is 1. The molecule has 1 unspecified atom stereocenters. The van der Waals surface area contributed by atoms with E-state index in [-0.39, 0.29) is 6.04 Å². The summed E-state index contributed by atoms with van der Waals surface area (Å²) in [5, 5.41) is 1.09. The van der Waals surface area contributed by atoms with Gasteiger partial charge in [0.25, 0.3) is 0 Å². The summed E-state index contributed by atoms with van der Waals surface area (Å²) in [5.74, 6) is 0.801. The van der Waals surface area contributed by atoms with E-state index in [1.165, 1.54) is 19.3 Å². The minimum absolute atomic E-state index is 0.182. The van der Waals surface area contributed by atoms with E-state index in [0.717, 1.165) is 29.8 Å². The highest BCUT2D eigenvalue weighted by Crippen LogP contribution is 2.22. The van der Waals surface area contributed by atoms with Crippen molar-refractivity contribution in [3.63, 3.8) is 0 Å². The van der Waals surface area contributed by atoms with Gasteiger partial charge in [-0.1, -0.05) is 44.4 Å². The second-order valence-electron chi connectivity index (χ2n) is 4.93. The van der Waals surface area contributed by atoms with Crippen LogP contribution in [0.15, 0.2) is 34.7 Å². The van der Waals surface area contributed by atoms with Gasteiger partial charge in [0.2, 0.25) is 0 Å². The number of rotatable bonds is 8. The highest BCUT2D eigenvalue weighted by Gasteiger charge is 2.11. The maximum Gasteiger partial charge on any atom is 0.134 e. The van der Waals surface area contributed by atoms with Crippen LogP contribution < -0.4 is 5.73 Å². The fourth-order valence-corrected chi connectivity index (χ4v) is 2.11. The molecule has 0 fully saturated rings. The second-order valence-corrected chi connectivity index (χ2v) is 4.93. The van der Waals surface area contributed by atoms with Crippen molar-refractivity contribution < 1.29 is 9.15 Å². The van der Waals surface area contributed by atoms with E-state index in [9.17, 15) is 0 Å². The van der Waals surface area contributed by atoms with Gasteiger partial charge in [-0.3, -0.25) is 0 Å². The summed E-state index contributed by atoms with van der Waals surface area (Å²) in [6, 6.07) is 9.76. The molecular weight excluding hydrogens is 238 g/mol. The lowest BCUT2D eigenvalue weighted by Crippen LogP contribution is -2.16. The molecule has 2 aromatic rings. The Labute approximate surface area is 114 Å². The van der Waals surface area contributed by atoms with Crippen molar-refractivity contribution in [1.29, 1.82) is 0 Å². The molecular formula is C16H23NO2. The van der Waals surface area contributed by atoms with E-state index in [1.807, 2.05) is 30.3 Å². The number of ether oxygens (including phenoxy) is 1. The third-order valence-electron chi connectivity index (χ3n) is 3.25. The van der Waals surface area contributed by atoms with Crippen molar-refractivity contribution in [3.8, 4) is 0 Å². The summed E-state index contributed by atoms with van der Waals surface area (Å²) >= 11 is 0. The summed E-state index contributed by atoms with van der Waals surface area (Å²) in [5.41, 5.74) is 6.97. The third-order valence-corrected chi connectivity index (χ3v) is 3.25. The summed E-state index contributed by atoms with van der Waals surface area (Å²) in [6.07, 6.45) is 4.87. The molecule has 0 bridgehead atoms. The molecule has 0 spiro atoms. The molecule has 3 heteroatoms. The van der Waals surface area contributed by atoms with Crippen molar-refractivity contribution in [2.24, 2.45) is 5.73 Å². The monoisotopic (exact) mass is 261 g/mol. The first-order chi connectivity index (χ1) is 9.31. The molecule has 0 amide bonds. The number of nitrogens with two attached hydrogens (primary N) is 1. The first kappa shape index (κ1) is 14.1. The maximum absolute atomic E-state index is 6.08. The van der Waals surface area contributed by atoms with Gasteiger partial charge >= 0.3 is 0 Å². The summed E-state index contributed by atoms with van der Waals surface area (Å²) in [4.78, 5) is 0. The van der Waals surface area contributed by atoms with Gasteiger partial charge in [-0.2, -0.15) is 0 Å². The highest BCUT2D eigenvalue weighted by atomic mass is 16.5. The number of furan rings is 1. The van der Waals surface area contributed by atoms with E-state index in [1.54, 1.807) is 0 Å². The van der Waals surface area contributed by atoms with Crippen molar-refractivity contribution in [1.82, 2.24) is 0 Å². The average molecular weight is 261 g/mol. The zero-order valence-electron chi connectivity index (χ0n) is 11.6. The number of hydrogen-bond acceptors (Lipinski definition) is 3. The predicted octanol–water partition coefficient (Wildman–Crippen LogP) is 4.03. The van der Waals surface area contributed by atoms with E-state index >= 15 is 0 Å². The Kier molecular flexibility index (Phi) is 5.43. The molecule has 0 saturated carbocycles. The average Bonchev–Trinajstić information content (AvgIpc) is 2.86. The van der Waals surface area contributed by atoms with Gasteiger partial charge < -0.3 is 14.9 Å². The summed E-state index contributed by atoms with van der Waals surface area (Å²) < 4.78 is 11.3. The van der Waals surface area contributed by atoms with Gasteiger partial charge in [0.15, 0.2) is 0 Å². The van der Waals surface area contributed by atoms with E-state index in [0.29, 0.717) is 6.61 Å². The number of unbranched alkanes of at least 4 members (excludes halogenated alkanes) is 3. The van der Waals surface area contributed by atoms with Gasteiger partial charge in [0.1, 0.15) is 11.3 Å². The Balaban J connectivity index is 1.78. The van der Waals surface area contributed by atoms with Gasteiger partial charge in [0.05, 0.1) is 12.6 Å². The zero-order chi connectivity index (χ0) is 13.5. The SMILES string of the molecule is CCCCCCOCC(N)c1cc2ccccc2o1. The normalized spacial score (nSPS) is 12.9. The zero-order valence-corrected chi connectivity index (χ0v) is 11.6. The Morgan fingerprint density at radius 3 is 2.84 bits per heavy atom. The molecule has 2 rings (SSSR count). The van der Waals surface area contributed by atoms with Crippen molar-refractivity contribution in [2.75, 3.05) is 13.2 Å². The Morgan fingerprint density at radius 1 is 1.21 bits per heavy atom. The van der Waals surface area contributed by atoms with Crippen molar-refractivity contribution >= 4 is 11.0 Å². The standard InChI is InChI=1S/C16H23NO2/c1-2-3-4-7-10-18-12-14(17)16-11-13-8-5-6-9-15(13)19-16/h5-6,8-9,11,14H,2-4,7,10,12,17H2,1H3. The molecule has 19 heavy (non-hydrogen) atoms. The minimum Gasteiger partial charge on any atom is -0.459 e. The van der Waals surface area contributed by atoms with Crippen LogP contribution in [0.5, 0.6) is 0 Å². The number of para-hydroxylation sites is 1. The Morgan fingerprint density at radius 2 is 2.05 bits per heavy atom. The van der Waals surface area contributed by atoms with Crippen LogP contribution in [0.3, 0.4) is 0 Å². The molecule has 0 aliphatic carbocycles. The largest absolute Gasteiger partial charge is 0.459 e. The van der Waals surface area contributed by atoms with Crippen molar-refractivity contribution in [3.05, 3.63) is 36.1 Å². The molecule has 0 aliphatic heterocycles. The quantitative estimate of drug-likeness (QED) is 0.730. The Hall–Kier alpha value is -1.32. The van der Waals surface area contributed by atoms with Crippen LogP contribution in [0, 0.1) is 0 Å². The smallest absolute Gasteiger partial charge is 0.134 e. The second kappa shape index (κ2) is 7.31. The van der Waals surface area contributed by atoms with E-state index in [4.69, 9.17) is 14.9 Å². The minimum atomic E-state index is -0.182. The molecule has 1 aromatic carbocycles. The predicted molar refractivity (Wildman–Crippen MR) is 78.1 cm³/mol. The van der Waals surface area contributed by atoms with Crippen LogP contribution in [0.2, 0.25) is 0 Å². The van der Waals surface area contributed by atoms with Crippen molar-refractivity contribution in [2.45, 2.75) is 38.6 Å². The van der Waals surface area contributed by atoms with Gasteiger partial charge in [-0.25, -0.2) is 0 Å². The summed E-state index contributed by atoms with van der Waals surface area (Å²) in [7, 11) is 0. The molecule has 104 valence electrons. The summed E-state index contributed by atoms with van der Waals surface area (Å²) in [6.45, 7) is 3.51. The van der Waals surface area contributed by atoms with Crippen LogP contribution in [0.25, 0.3) is 11.0 Å². The molecule has 1 aromatic heterocycles. The molecule has 1 heterocycles. The lowest BCUT2D eigenvalue weighted by atomic mass is 10.2. The third kappa shape index (κ3) is 4.08. The molecule has 0 radical (unpaired) electrons. The van der Waals surface area contributed by atoms with Crippen LogP contribution in [-0.4, -0.2) is 13.2 Å². The van der Waals surface area contributed by atoms with Crippen LogP contribution in [0.4, 0.5) is 0 Å². The van der Waals surface area contributed by atoms with E-state index in [2.05, 4.69) is 6.92 Å². The molecule has 0 aliphatic rings. The fourth-order valence-electron chi connectivity index (χ4n) is 2.11. The molecule has 3 nitrogen and oxygen atoms in total. The van der Waals surface area contributed by atoms with Gasteiger partial charge in [-0.15, -0.1) is 0 Å². The maximum atomic E-state index is 6.08. The van der Waals surface area contributed by atoms with E-state index < -0.39 is 0 Å². The number of hydrogen-bond donors (Lipinski definition) is 1. The molecule has 1 atom stereocenters. The van der Waals surface area contributed by atoms with Gasteiger partial charge in [0, 0.05) is 12.0 Å². The van der Waals surface area contributed by atoms with Gasteiger partial charge in [-0.05, 0) is 18.6 Å². The first-order valence-corrected chi connectivity index (χ1v) is 7.13. The topological polar surface area (TPSA) is 48.4 Å². The van der Waals surface area contributed by atoms with Crippen LogP contribution >= 0.6 is 0 Å².